The zero-order chi connectivity index (χ0) is 15.0. The van der Waals surface area contributed by atoms with Crippen LogP contribution in [-0.4, -0.2) is 44.0 Å². The predicted molar refractivity (Wildman–Crippen MR) is 52.9 cm³/mol. The topological polar surface area (TPSA) is 63.2 Å². The third-order valence-corrected chi connectivity index (χ3v) is 4.47. The lowest BCUT2D eigenvalue weighted by atomic mass is 10.2. The van der Waals surface area contributed by atoms with Gasteiger partial charge in [0.2, 0.25) is 0 Å². The summed E-state index contributed by atoms with van der Waals surface area (Å²) in [6, 6.07) is 0. The van der Waals surface area contributed by atoms with Gasteiger partial charge in [0.1, 0.15) is 0 Å². The molecular formula is C8H12F5NO3S. The van der Waals surface area contributed by atoms with Crippen molar-refractivity contribution in [3.63, 3.8) is 0 Å². The van der Waals surface area contributed by atoms with Gasteiger partial charge in [-0.2, -0.15) is 22.0 Å². The first-order chi connectivity index (χ1) is 7.63. The van der Waals surface area contributed by atoms with Gasteiger partial charge in [-0.3, -0.25) is 4.79 Å². The number of halogens is 5. The second-order valence-corrected chi connectivity index (χ2v) is 6.94. The van der Waals surface area contributed by atoms with Gasteiger partial charge in [-0.1, -0.05) is 0 Å². The van der Waals surface area contributed by atoms with Gasteiger partial charge >= 0.3 is 12.1 Å². The van der Waals surface area contributed by atoms with Gasteiger partial charge in [0.25, 0.3) is 5.91 Å². The van der Waals surface area contributed by atoms with Crippen LogP contribution < -0.4 is 5.32 Å². The van der Waals surface area contributed by atoms with Crippen LogP contribution in [0.1, 0.15) is 13.8 Å². The smallest absolute Gasteiger partial charge is 0.349 e. The zero-order valence-electron chi connectivity index (χ0n) is 9.73. The molecule has 1 amide bonds. The van der Waals surface area contributed by atoms with Gasteiger partial charge in [-0.25, -0.2) is 8.42 Å². The maximum atomic E-state index is 12.5. The van der Waals surface area contributed by atoms with Gasteiger partial charge in [0, 0.05) is 12.8 Å². The number of sulfone groups is 1. The van der Waals surface area contributed by atoms with E-state index in [1.807, 2.05) is 0 Å². The molecule has 0 bridgehead atoms. The number of carbonyl (C=O) groups excluding carboxylic acids is 1. The first-order valence-corrected chi connectivity index (χ1v) is 6.44. The first kappa shape index (κ1) is 17.1. The van der Waals surface area contributed by atoms with Gasteiger partial charge in [-0.15, -0.1) is 0 Å². The first-order valence-electron chi connectivity index (χ1n) is 4.55. The summed E-state index contributed by atoms with van der Waals surface area (Å²) in [5.74, 6) is -8.13. The van der Waals surface area contributed by atoms with E-state index in [0.717, 1.165) is 20.1 Å². The summed E-state index contributed by atoms with van der Waals surface area (Å²) in [7, 11) is -3.72. The molecule has 0 radical (unpaired) electrons. The summed E-state index contributed by atoms with van der Waals surface area (Å²) < 4.78 is 81.1. The van der Waals surface area contributed by atoms with Gasteiger partial charge in [0.15, 0.2) is 9.84 Å². The molecule has 0 unspecified atom stereocenters. The third kappa shape index (κ3) is 3.53. The molecule has 0 aromatic rings. The van der Waals surface area contributed by atoms with Crippen molar-refractivity contribution in [1.82, 2.24) is 5.32 Å². The summed E-state index contributed by atoms with van der Waals surface area (Å²) in [6.07, 6.45) is -5.24. The van der Waals surface area contributed by atoms with Crippen molar-refractivity contribution in [2.75, 3.05) is 12.8 Å². The van der Waals surface area contributed by atoms with E-state index < -0.39 is 39.1 Å². The molecule has 0 atom stereocenters. The van der Waals surface area contributed by atoms with Crippen molar-refractivity contribution >= 4 is 15.7 Å². The number of rotatable bonds is 4. The number of alkyl halides is 5. The van der Waals surface area contributed by atoms with E-state index in [-0.39, 0.29) is 0 Å². The Bertz CT molecular complexity index is 427. The average molecular weight is 297 g/mol. The molecule has 4 nitrogen and oxygen atoms in total. The van der Waals surface area contributed by atoms with E-state index in [2.05, 4.69) is 0 Å². The van der Waals surface area contributed by atoms with E-state index in [0.29, 0.717) is 0 Å². The maximum Gasteiger partial charge on any atom is 0.463 e. The Morgan fingerprint density at radius 2 is 1.50 bits per heavy atom. The number of hydrogen-bond donors (Lipinski definition) is 1. The Hall–Kier alpha value is -0.930. The minimum absolute atomic E-state index is 0.779. The van der Waals surface area contributed by atoms with Gasteiger partial charge < -0.3 is 5.32 Å². The van der Waals surface area contributed by atoms with Crippen LogP contribution in [0.2, 0.25) is 0 Å². The number of nitrogens with one attached hydrogen (secondary N) is 1. The van der Waals surface area contributed by atoms with E-state index in [1.165, 1.54) is 5.32 Å². The molecule has 0 aliphatic rings. The highest BCUT2D eigenvalue weighted by atomic mass is 32.2. The molecule has 18 heavy (non-hydrogen) atoms. The third-order valence-electron chi connectivity index (χ3n) is 2.32. The summed E-state index contributed by atoms with van der Waals surface area (Å²) >= 11 is 0. The minimum atomic E-state index is -6.02. The fourth-order valence-electron chi connectivity index (χ4n) is 0.664. The van der Waals surface area contributed by atoms with Crippen LogP contribution in [0.4, 0.5) is 22.0 Å². The van der Waals surface area contributed by atoms with Crippen LogP contribution in [0.25, 0.3) is 0 Å². The lowest BCUT2D eigenvalue weighted by Crippen LogP contribution is -2.54. The Balaban J connectivity index is 4.84. The Morgan fingerprint density at radius 1 is 1.11 bits per heavy atom. The summed E-state index contributed by atoms with van der Waals surface area (Å²) in [6.45, 7) is 1.33. The molecule has 0 aromatic heterocycles. The van der Waals surface area contributed by atoms with Crippen LogP contribution >= 0.6 is 0 Å². The monoisotopic (exact) mass is 297 g/mol. The molecule has 0 aromatic carbocycles. The highest BCUT2D eigenvalue weighted by molar-refractivity contribution is 7.92. The SMILES string of the molecule is CC(C)(CNC(=O)C(F)(F)C(F)(F)F)S(C)(=O)=O. The largest absolute Gasteiger partial charge is 0.463 e. The molecule has 0 heterocycles. The van der Waals surface area contributed by atoms with E-state index in [9.17, 15) is 35.2 Å². The van der Waals surface area contributed by atoms with Crippen molar-refractivity contribution in [2.45, 2.75) is 30.7 Å². The van der Waals surface area contributed by atoms with E-state index >= 15 is 0 Å². The molecule has 0 rings (SSSR count). The highest BCUT2D eigenvalue weighted by Crippen LogP contribution is 2.35. The Kier molecular flexibility index (Phi) is 4.39. The molecule has 0 saturated carbocycles. The molecule has 10 heteroatoms. The lowest BCUT2D eigenvalue weighted by Gasteiger charge is -2.25. The highest BCUT2D eigenvalue weighted by Gasteiger charge is 2.63. The number of carbonyl (C=O) groups is 1. The van der Waals surface area contributed by atoms with Crippen LogP contribution in [0.3, 0.4) is 0 Å². The second-order valence-electron chi connectivity index (χ2n) is 4.29. The average Bonchev–Trinajstić information content (AvgIpc) is 2.10. The summed E-state index contributed by atoms with van der Waals surface area (Å²) in [4.78, 5) is 10.7. The molecule has 0 aliphatic carbocycles. The number of amides is 1. The van der Waals surface area contributed by atoms with Crippen LogP contribution in [0.5, 0.6) is 0 Å². The fourth-order valence-corrected chi connectivity index (χ4v) is 0.998. The fraction of sp³-hybridized carbons (Fsp3) is 0.875. The van der Waals surface area contributed by atoms with Gasteiger partial charge in [0.05, 0.1) is 4.75 Å². The van der Waals surface area contributed by atoms with Crippen molar-refractivity contribution in [3.05, 3.63) is 0 Å². The van der Waals surface area contributed by atoms with E-state index in [4.69, 9.17) is 0 Å². The minimum Gasteiger partial charge on any atom is -0.349 e. The molecule has 0 spiro atoms. The van der Waals surface area contributed by atoms with Crippen LogP contribution in [0.15, 0.2) is 0 Å². The zero-order valence-corrected chi connectivity index (χ0v) is 10.5. The standard InChI is InChI=1S/C8H12F5NO3S/c1-6(2,18(3,16)17)4-14-5(15)7(9,10)8(11,12)13/h4H2,1-3H3,(H,14,15). The van der Waals surface area contributed by atoms with Crippen molar-refractivity contribution in [2.24, 2.45) is 0 Å². The molecule has 108 valence electrons. The van der Waals surface area contributed by atoms with E-state index in [1.54, 1.807) is 0 Å². The second kappa shape index (κ2) is 4.63. The Labute approximate surface area is 100 Å². The Morgan fingerprint density at radius 3 is 1.78 bits per heavy atom. The molecule has 1 N–H and O–H groups in total. The molecule has 0 aliphatic heterocycles. The molecular weight excluding hydrogens is 285 g/mol. The van der Waals surface area contributed by atoms with Crippen molar-refractivity contribution in [1.29, 1.82) is 0 Å². The van der Waals surface area contributed by atoms with Crippen molar-refractivity contribution < 1.29 is 35.2 Å². The van der Waals surface area contributed by atoms with Crippen LogP contribution in [0, 0.1) is 0 Å². The van der Waals surface area contributed by atoms with Gasteiger partial charge in [-0.05, 0) is 13.8 Å². The predicted octanol–water partition coefficient (Wildman–Crippen LogP) is 1.12. The van der Waals surface area contributed by atoms with Crippen molar-refractivity contribution in [3.8, 4) is 0 Å². The maximum absolute atomic E-state index is 12.5. The molecule has 0 fully saturated rings. The lowest BCUT2D eigenvalue weighted by molar-refractivity contribution is -0.269. The summed E-state index contributed by atoms with van der Waals surface area (Å²) in [5, 5.41) is 1.29. The number of hydrogen-bond acceptors (Lipinski definition) is 3. The quantitative estimate of drug-likeness (QED) is 0.791. The summed E-state index contributed by atoms with van der Waals surface area (Å²) in [5.41, 5.74) is 0. The molecule has 0 saturated heterocycles. The van der Waals surface area contributed by atoms with Crippen LogP contribution in [-0.2, 0) is 14.6 Å². The normalized spacial score (nSPS) is 14.4.